The van der Waals surface area contributed by atoms with Crippen molar-refractivity contribution < 1.29 is 18.4 Å². The summed E-state index contributed by atoms with van der Waals surface area (Å²) in [4.78, 5) is 29.4. The summed E-state index contributed by atoms with van der Waals surface area (Å²) in [5, 5.41) is 5.62. The van der Waals surface area contributed by atoms with Gasteiger partial charge in [0.2, 0.25) is 5.91 Å². The Morgan fingerprint density at radius 1 is 0.970 bits per heavy atom. The van der Waals surface area contributed by atoms with Crippen LogP contribution in [0.2, 0.25) is 0 Å². The summed E-state index contributed by atoms with van der Waals surface area (Å²) in [7, 11) is 0. The number of para-hydroxylation sites is 1. The number of carbonyl (C=O) groups is 2. The Morgan fingerprint density at radius 2 is 1.76 bits per heavy atom. The molecule has 33 heavy (non-hydrogen) atoms. The molecule has 0 saturated heterocycles. The van der Waals surface area contributed by atoms with Gasteiger partial charge in [-0.1, -0.05) is 36.4 Å². The molecule has 0 radical (unpaired) electrons. The maximum Gasteiger partial charge on any atom is 0.257 e. The summed E-state index contributed by atoms with van der Waals surface area (Å²) in [6.07, 6.45) is 1.76. The van der Waals surface area contributed by atoms with Crippen LogP contribution in [-0.4, -0.2) is 16.8 Å². The Hall–Kier alpha value is -4.26. The Kier molecular flexibility index (Phi) is 6.59. The predicted molar refractivity (Wildman–Crippen MR) is 124 cm³/mol. The van der Waals surface area contributed by atoms with E-state index in [0.29, 0.717) is 34.2 Å². The van der Waals surface area contributed by atoms with Gasteiger partial charge in [0.15, 0.2) is 11.7 Å². The molecule has 4 rings (SSSR count). The molecule has 0 spiro atoms. The van der Waals surface area contributed by atoms with Crippen LogP contribution in [0.1, 0.15) is 28.2 Å². The summed E-state index contributed by atoms with van der Waals surface area (Å²) in [6.45, 7) is 1.94. The van der Waals surface area contributed by atoms with E-state index in [-0.39, 0.29) is 24.7 Å². The summed E-state index contributed by atoms with van der Waals surface area (Å²) in [6, 6.07) is 20.5. The van der Waals surface area contributed by atoms with Crippen LogP contribution in [0.5, 0.6) is 0 Å². The molecule has 0 bridgehead atoms. The maximum atomic E-state index is 13.9. The number of halogens is 1. The number of nitrogens with zero attached hydrogens (tertiary/aromatic N) is 1. The van der Waals surface area contributed by atoms with Crippen molar-refractivity contribution >= 4 is 23.2 Å². The number of amides is 2. The third kappa shape index (κ3) is 5.51. The topological polar surface area (TPSA) is 84.2 Å². The number of benzene rings is 3. The van der Waals surface area contributed by atoms with Gasteiger partial charge in [-0.2, -0.15) is 0 Å². The highest BCUT2D eigenvalue weighted by atomic mass is 19.1. The van der Waals surface area contributed by atoms with Crippen molar-refractivity contribution in [2.45, 2.75) is 19.8 Å². The van der Waals surface area contributed by atoms with Crippen LogP contribution in [0.3, 0.4) is 0 Å². The van der Waals surface area contributed by atoms with Crippen molar-refractivity contribution in [2.75, 3.05) is 10.6 Å². The Bertz CT molecular complexity index is 1300. The monoisotopic (exact) mass is 443 g/mol. The fourth-order valence-electron chi connectivity index (χ4n) is 3.36. The highest BCUT2D eigenvalue weighted by Gasteiger charge is 2.15. The number of aromatic nitrogens is 1. The van der Waals surface area contributed by atoms with Crippen LogP contribution in [0.4, 0.5) is 15.8 Å². The van der Waals surface area contributed by atoms with Gasteiger partial charge in [-0.25, -0.2) is 9.37 Å². The summed E-state index contributed by atoms with van der Waals surface area (Å²) >= 11 is 0. The van der Waals surface area contributed by atoms with Gasteiger partial charge in [0.25, 0.3) is 5.91 Å². The lowest BCUT2D eigenvalue weighted by Crippen LogP contribution is -2.18. The summed E-state index contributed by atoms with van der Waals surface area (Å²) < 4.78 is 19.5. The third-order valence-corrected chi connectivity index (χ3v) is 4.98. The average Bonchev–Trinajstić information content (AvgIpc) is 3.27. The lowest BCUT2D eigenvalue weighted by molar-refractivity contribution is -0.116. The van der Waals surface area contributed by atoms with Gasteiger partial charge < -0.3 is 15.1 Å². The van der Waals surface area contributed by atoms with Crippen molar-refractivity contribution in [3.63, 3.8) is 0 Å². The quantitative estimate of drug-likeness (QED) is 0.389. The van der Waals surface area contributed by atoms with Gasteiger partial charge in [-0.15, -0.1) is 0 Å². The second-order valence-corrected chi connectivity index (χ2v) is 7.52. The standard InChI is InChI=1S/C26H22FN3O3/c1-17-7-6-8-18(15-17)29-26(32)20-10-3-5-12-22(20)30-24(31)13-14-25-28-16-23(33-25)19-9-2-4-11-21(19)27/h2-12,15-16H,13-14H2,1H3,(H,29,32)(H,30,31). The molecule has 0 aliphatic rings. The van der Waals surface area contributed by atoms with Crippen molar-refractivity contribution in [3.8, 4) is 11.3 Å². The molecule has 1 aromatic heterocycles. The first-order chi connectivity index (χ1) is 16.0. The zero-order chi connectivity index (χ0) is 23.2. The summed E-state index contributed by atoms with van der Waals surface area (Å²) in [5.74, 6) is -0.385. The minimum absolute atomic E-state index is 0.0884. The van der Waals surface area contributed by atoms with E-state index in [0.717, 1.165) is 5.56 Å². The molecule has 0 saturated carbocycles. The Labute approximate surface area is 190 Å². The van der Waals surface area contributed by atoms with E-state index < -0.39 is 5.82 Å². The van der Waals surface area contributed by atoms with E-state index in [1.165, 1.54) is 12.3 Å². The number of hydrogen-bond acceptors (Lipinski definition) is 4. The highest BCUT2D eigenvalue weighted by molar-refractivity contribution is 6.10. The third-order valence-electron chi connectivity index (χ3n) is 4.98. The first-order valence-corrected chi connectivity index (χ1v) is 10.5. The first-order valence-electron chi connectivity index (χ1n) is 10.5. The van der Waals surface area contributed by atoms with Gasteiger partial charge in [-0.05, 0) is 48.9 Å². The molecule has 0 fully saturated rings. The zero-order valence-electron chi connectivity index (χ0n) is 18.0. The van der Waals surface area contributed by atoms with Crippen LogP contribution < -0.4 is 10.6 Å². The molecule has 2 N–H and O–H groups in total. The first kappa shape index (κ1) is 22.0. The molecule has 166 valence electrons. The molecule has 0 aliphatic carbocycles. The van der Waals surface area contributed by atoms with E-state index in [4.69, 9.17) is 4.42 Å². The molecule has 6 nitrogen and oxygen atoms in total. The SMILES string of the molecule is Cc1cccc(NC(=O)c2ccccc2NC(=O)CCc2ncc(-c3ccccc3F)o2)c1. The molecule has 4 aromatic rings. The van der Waals surface area contributed by atoms with Gasteiger partial charge in [0.1, 0.15) is 5.82 Å². The smallest absolute Gasteiger partial charge is 0.257 e. The fourth-order valence-corrected chi connectivity index (χ4v) is 3.36. The van der Waals surface area contributed by atoms with Crippen LogP contribution in [0.25, 0.3) is 11.3 Å². The molecule has 3 aromatic carbocycles. The van der Waals surface area contributed by atoms with E-state index >= 15 is 0 Å². The van der Waals surface area contributed by atoms with Crippen molar-refractivity contribution in [3.05, 3.63) is 102 Å². The summed E-state index contributed by atoms with van der Waals surface area (Å²) in [5.41, 5.74) is 2.78. The minimum Gasteiger partial charge on any atom is -0.441 e. The minimum atomic E-state index is -0.404. The zero-order valence-corrected chi connectivity index (χ0v) is 18.0. The lowest BCUT2D eigenvalue weighted by atomic mass is 10.1. The predicted octanol–water partition coefficient (Wildman–Crippen LogP) is 5.61. The normalized spacial score (nSPS) is 10.6. The van der Waals surface area contributed by atoms with Crippen LogP contribution in [0, 0.1) is 12.7 Å². The number of hydrogen-bond donors (Lipinski definition) is 2. The number of rotatable bonds is 7. The van der Waals surface area contributed by atoms with Crippen LogP contribution in [-0.2, 0) is 11.2 Å². The second-order valence-electron chi connectivity index (χ2n) is 7.52. The van der Waals surface area contributed by atoms with Crippen molar-refractivity contribution in [2.24, 2.45) is 0 Å². The van der Waals surface area contributed by atoms with E-state index in [9.17, 15) is 14.0 Å². The Morgan fingerprint density at radius 3 is 2.58 bits per heavy atom. The van der Waals surface area contributed by atoms with E-state index in [1.807, 2.05) is 25.1 Å². The van der Waals surface area contributed by atoms with Gasteiger partial charge in [0, 0.05) is 18.5 Å². The number of carbonyl (C=O) groups excluding carboxylic acids is 2. The fraction of sp³-hybridized carbons (Fsp3) is 0.115. The molecule has 1 heterocycles. The number of nitrogens with one attached hydrogen (secondary N) is 2. The lowest BCUT2D eigenvalue weighted by Gasteiger charge is -2.11. The molecule has 2 amide bonds. The molecule has 7 heteroatoms. The van der Waals surface area contributed by atoms with Crippen molar-refractivity contribution in [1.29, 1.82) is 0 Å². The van der Waals surface area contributed by atoms with Crippen LogP contribution >= 0.6 is 0 Å². The number of oxazole rings is 1. The number of anilines is 2. The van der Waals surface area contributed by atoms with E-state index in [2.05, 4.69) is 15.6 Å². The van der Waals surface area contributed by atoms with Gasteiger partial charge in [-0.3, -0.25) is 9.59 Å². The largest absolute Gasteiger partial charge is 0.441 e. The second kappa shape index (κ2) is 9.91. The van der Waals surface area contributed by atoms with Gasteiger partial charge in [0.05, 0.1) is 23.0 Å². The van der Waals surface area contributed by atoms with Gasteiger partial charge >= 0.3 is 0 Å². The molecule has 0 unspecified atom stereocenters. The number of aryl methyl sites for hydroxylation is 2. The van der Waals surface area contributed by atoms with Crippen molar-refractivity contribution in [1.82, 2.24) is 4.98 Å². The molecule has 0 aliphatic heterocycles. The van der Waals surface area contributed by atoms with E-state index in [1.54, 1.807) is 48.5 Å². The molecular weight excluding hydrogens is 421 g/mol. The highest BCUT2D eigenvalue weighted by Crippen LogP contribution is 2.24. The Balaban J connectivity index is 1.38. The maximum absolute atomic E-state index is 13.9. The molecule has 0 atom stereocenters. The molecular formula is C26H22FN3O3. The average molecular weight is 443 g/mol. The van der Waals surface area contributed by atoms with Crippen LogP contribution in [0.15, 0.2) is 83.4 Å².